The van der Waals surface area contributed by atoms with Gasteiger partial charge in [-0.15, -0.1) is 0 Å². The molecule has 0 radical (unpaired) electrons. The third-order valence-corrected chi connectivity index (χ3v) is 2.67. The van der Waals surface area contributed by atoms with Gasteiger partial charge in [0.25, 0.3) is 0 Å². The summed E-state index contributed by atoms with van der Waals surface area (Å²) in [4.78, 5) is 4.02. The van der Waals surface area contributed by atoms with Crippen molar-refractivity contribution < 1.29 is 18.0 Å². The highest BCUT2D eigenvalue weighted by Gasteiger charge is 2.44. The van der Waals surface area contributed by atoms with Crippen LogP contribution in [-0.2, 0) is 11.3 Å². The molecule has 0 bridgehead atoms. The van der Waals surface area contributed by atoms with Crippen LogP contribution in [0.5, 0.6) is 0 Å². The summed E-state index contributed by atoms with van der Waals surface area (Å²) >= 11 is 0. The Balaban J connectivity index is 1.92. The second-order valence-electron chi connectivity index (χ2n) is 5.38. The van der Waals surface area contributed by atoms with Crippen LogP contribution in [0.1, 0.15) is 51.2 Å². The number of nitrogens with zero attached hydrogens (tertiary/aromatic N) is 2. The Morgan fingerprint density at radius 2 is 2.00 bits per heavy atom. The van der Waals surface area contributed by atoms with Gasteiger partial charge < -0.3 is 9.26 Å². The van der Waals surface area contributed by atoms with Gasteiger partial charge in [-0.3, -0.25) is 0 Å². The molecule has 96 valence electrons. The molecule has 1 aromatic heterocycles. The average Bonchev–Trinajstić information content (AvgIpc) is 2.94. The molecule has 17 heavy (non-hydrogen) atoms. The second-order valence-corrected chi connectivity index (χ2v) is 5.38. The lowest BCUT2D eigenvalue weighted by molar-refractivity contribution is -0.301. The zero-order valence-electron chi connectivity index (χ0n) is 10.2. The Labute approximate surface area is 98.3 Å². The largest absolute Gasteiger partial charge is 0.360 e. The van der Waals surface area contributed by atoms with Crippen LogP contribution in [0.15, 0.2) is 4.52 Å². The van der Waals surface area contributed by atoms with E-state index >= 15 is 0 Å². The van der Waals surface area contributed by atoms with Crippen LogP contribution in [0.25, 0.3) is 0 Å². The van der Waals surface area contributed by atoms with Gasteiger partial charge in [0.05, 0.1) is 5.41 Å². The number of hydrogen-bond acceptors (Lipinski definition) is 4. The van der Waals surface area contributed by atoms with Gasteiger partial charge in [-0.1, -0.05) is 25.9 Å². The van der Waals surface area contributed by atoms with Gasteiger partial charge in [-0.2, -0.15) is 13.8 Å². The highest BCUT2D eigenvalue weighted by atomic mass is 19.3. The molecule has 0 unspecified atom stereocenters. The summed E-state index contributed by atoms with van der Waals surface area (Å²) < 4.78 is 36.5. The molecular weight excluding hydrogens is 230 g/mol. The van der Waals surface area contributed by atoms with E-state index in [-0.39, 0.29) is 12.4 Å². The third-order valence-electron chi connectivity index (χ3n) is 2.67. The zero-order chi connectivity index (χ0) is 12.7. The Morgan fingerprint density at radius 1 is 1.35 bits per heavy atom. The summed E-state index contributed by atoms with van der Waals surface area (Å²) in [5.41, 5.74) is -1.25. The van der Waals surface area contributed by atoms with Crippen molar-refractivity contribution in [1.29, 1.82) is 0 Å². The van der Waals surface area contributed by atoms with E-state index in [9.17, 15) is 8.78 Å². The van der Waals surface area contributed by atoms with Gasteiger partial charge in [0.15, 0.2) is 5.82 Å². The minimum Gasteiger partial charge on any atom is -0.339 e. The molecule has 0 aromatic carbocycles. The highest BCUT2D eigenvalue weighted by molar-refractivity contribution is 5.01. The van der Waals surface area contributed by atoms with Crippen molar-refractivity contribution in [3.8, 4) is 0 Å². The Morgan fingerprint density at radius 3 is 2.53 bits per heavy atom. The lowest BCUT2D eigenvalue weighted by Crippen LogP contribution is -2.36. The van der Waals surface area contributed by atoms with Crippen molar-refractivity contribution in [2.45, 2.75) is 52.2 Å². The average molecular weight is 246 g/mol. The second kappa shape index (κ2) is 4.01. The summed E-state index contributed by atoms with van der Waals surface area (Å²) in [5.74, 6) is 1.03. The Kier molecular flexibility index (Phi) is 2.93. The van der Waals surface area contributed by atoms with Gasteiger partial charge in [0, 0.05) is 5.92 Å². The molecule has 0 N–H and O–H groups in total. The Bertz CT molecular complexity index is 394. The van der Waals surface area contributed by atoms with E-state index < -0.39 is 11.5 Å². The zero-order valence-corrected chi connectivity index (χ0v) is 10.2. The normalized spacial score (nSPS) is 17.5. The first kappa shape index (κ1) is 12.4. The van der Waals surface area contributed by atoms with Crippen LogP contribution in [0.3, 0.4) is 0 Å². The minimum atomic E-state index is -3.21. The standard InChI is InChI=1S/C11H16F2N2O2/c1-10(2,3)11(12,13)16-6-8-14-9(17-15-8)7-4-5-7/h7H,4-6H2,1-3H3. The SMILES string of the molecule is CC(C)(C)C(F)(F)OCc1noc(C2CC2)n1. The van der Waals surface area contributed by atoms with E-state index in [4.69, 9.17) is 4.52 Å². The van der Waals surface area contributed by atoms with Gasteiger partial charge in [0.1, 0.15) is 6.61 Å². The molecule has 0 aliphatic heterocycles. The Hall–Kier alpha value is -1.04. The first-order valence-electron chi connectivity index (χ1n) is 5.64. The topological polar surface area (TPSA) is 48.2 Å². The molecule has 0 amide bonds. The molecule has 0 saturated heterocycles. The van der Waals surface area contributed by atoms with Crippen molar-refractivity contribution in [3.63, 3.8) is 0 Å². The summed E-state index contributed by atoms with van der Waals surface area (Å²) in [7, 11) is 0. The van der Waals surface area contributed by atoms with Gasteiger partial charge >= 0.3 is 6.11 Å². The van der Waals surface area contributed by atoms with Crippen LogP contribution < -0.4 is 0 Å². The number of ether oxygens (including phenoxy) is 1. The molecule has 4 nitrogen and oxygen atoms in total. The maximum atomic E-state index is 13.5. The molecule has 2 rings (SSSR count). The smallest absolute Gasteiger partial charge is 0.339 e. The van der Waals surface area contributed by atoms with E-state index in [0.29, 0.717) is 11.8 Å². The molecule has 1 fully saturated rings. The van der Waals surface area contributed by atoms with Crippen molar-refractivity contribution in [1.82, 2.24) is 10.1 Å². The van der Waals surface area contributed by atoms with E-state index in [1.54, 1.807) is 0 Å². The fourth-order valence-corrected chi connectivity index (χ4v) is 1.19. The fourth-order valence-electron chi connectivity index (χ4n) is 1.19. The number of halogens is 2. The molecule has 1 heterocycles. The quantitative estimate of drug-likeness (QED) is 0.819. The molecule has 1 aliphatic carbocycles. The lowest BCUT2D eigenvalue weighted by Gasteiger charge is -2.29. The maximum Gasteiger partial charge on any atom is 0.360 e. The van der Waals surface area contributed by atoms with Crippen molar-refractivity contribution in [2.24, 2.45) is 5.41 Å². The van der Waals surface area contributed by atoms with Crippen LogP contribution >= 0.6 is 0 Å². The third kappa shape index (κ3) is 2.80. The highest BCUT2D eigenvalue weighted by Crippen LogP contribution is 2.39. The number of alkyl halides is 2. The maximum absolute atomic E-state index is 13.5. The van der Waals surface area contributed by atoms with Crippen molar-refractivity contribution in [2.75, 3.05) is 0 Å². The first-order valence-corrected chi connectivity index (χ1v) is 5.64. The van der Waals surface area contributed by atoms with E-state index in [2.05, 4.69) is 14.9 Å². The summed E-state index contributed by atoms with van der Waals surface area (Å²) in [6.07, 6.45) is -1.16. The van der Waals surface area contributed by atoms with Crippen LogP contribution in [0.4, 0.5) is 8.78 Å². The molecule has 1 aromatic rings. The number of hydrogen-bond donors (Lipinski definition) is 0. The van der Waals surface area contributed by atoms with Crippen molar-refractivity contribution >= 4 is 0 Å². The predicted molar refractivity (Wildman–Crippen MR) is 55.5 cm³/mol. The van der Waals surface area contributed by atoms with Crippen molar-refractivity contribution in [3.05, 3.63) is 11.7 Å². The van der Waals surface area contributed by atoms with Gasteiger partial charge in [-0.25, -0.2) is 0 Å². The summed E-state index contributed by atoms with van der Waals surface area (Å²) in [6, 6.07) is 0. The molecule has 1 saturated carbocycles. The van der Waals surface area contributed by atoms with E-state index in [0.717, 1.165) is 12.8 Å². The number of aromatic nitrogens is 2. The molecule has 1 aliphatic rings. The van der Waals surface area contributed by atoms with Crippen LogP contribution in [-0.4, -0.2) is 16.2 Å². The fraction of sp³-hybridized carbons (Fsp3) is 0.818. The van der Waals surface area contributed by atoms with Crippen LogP contribution in [0, 0.1) is 5.41 Å². The predicted octanol–water partition coefficient (Wildman–Crippen LogP) is 3.10. The molecule has 6 heteroatoms. The molecule has 0 atom stereocenters. The molecule has 0 spiro atoms. The number of rotatable bonds is 4. The van der Waals surface area contributed by atoms with Crippen LogP contribution in [0.2, 0.25) is 0 Å². The molecular formula is C11H16F2N2O2. The summed E-state index contributed by atoms with van der Waals surface area (Å²) in [5, 5.41) is 3.62. The summed E-state index contributed by atoms with van der Waals surface area (Å²) in [6.45, 7) is 3.91. The monoisotopic (exact) mass is 246 g/mol. The lowest BCUT2D eigenvalue weighted by atomic mass is 9.95. The van der Waals surface area contributed by atoms with Gasteiger partial charge in [0.2, 0.25) is 5.89 Å². The van der Waals surface area contributed by atoms with Gasteiger partial charge in [-0.05, 0) is 12.8 Å². The minimum absolute atomic E-state index is 0.177. The first-order chi connectivity index (χ1) is 7.79. The van der Waals surface area contributed by atoms with E-state index in [1.165, 1.54) is 20.8 Å². The van der Waals surface area contributed by atoms with E-state index in [1.807, 2.05) is 0 Å².